The van der Waals surface area contributed by atoms with E-state index in [2.05, 4.69) is 13.8 Å². The van der Waals surface area contributed by atoms with E-state index in [4.69, 9.17) is 9.26 Å². The van der Waals surface area contributed by atoms with Gasteiger partial charge in [-0.2, -0.15) is 0 Å². The molecule has 0 aliphatic heterocycles. The maximum absolute atomic E-state index is 13.4. The molecule has 0 N–H and O–H groups in total. The van der Waals surface area contributed by atoms with Gasteiger partial charge >= 0.3 is 0 Å². The third kappa shape index (κ3) is 15.2. The van der Waals surface area contributed by atoms with Crippen molar-refractivity contribution >= 4 is 13.1 Å². The van der Waals surface area contributed by atoms with E-state index in [1.54, 1.807) is 12.1 Å². The van der Waals surface area contributed by atoms with Gasteiger partial charge in [0.15, 0.2) is 6.35 Å². The molecule has 0 radical (unpaired) electrons. The number of nitro benzene ring substituents is 1. The molecule has 0 fully saturated rings. The van der Waals surface area contributed by atoms with Gasteiger partial charge < -0.3 is 9.26 Å². The fourth-order valence-corrected chi connectivity index (χ4v) is 5.63. The zero-order chi connectivity index (χ0) is 24.2. The van der Waals surface area contributed by atoms with Crippen molar-refractivity contribution in [3.05, 3.63) is 34.4 Å². The highest BCUT2D eigenvalue weighted by molar-refractivity contribution is 7.58. The normalized spacial score (nSPS) is 13.0. The molecule has 1 aromatic carbocycles. The van der Waals surface area contributed by atoms with Crippen LogP contribution in [-0.2, 0) is 9.09 Å². The molecule has 1 atom stereocenters. The molecule has 0 spiro atoms. The van der Waals surface area contributed by atoms with Gasteiger partial charge in [-0.3, -0.25) is 14.7 Å². The molecule has 6 nitrogen and oxygen atoms in total. The SMILES string of the molecule is CCCCCCCCCCCOP(=O)(CCCCCCCC)COc1ccc([N+](=O)[O-])cc1. The maximum atomic E-state index is 13.4. The minimum absolute atomic E-state index is 0.0132. The van der Waals surface area contributed by atoms with Gasteiger partial charge in [-0.15, -0.1) is 0 Å². The molecule has 0 aromatic heterocycles. The molecule has 1 rings (SSSR count). The van der Waals surface area contributed by atoms with Crippen LogP contribution in [-0.4, -0.2) is 24.0 Å². The van der Waals surface area contributed by atoms with Crippen molar-refractivity contribution in [1.82, 2.24) is 0 Å². The quantitative estimate of drug-likeness (QED) is 0.0711. The summed E-state index contributed by atoms with van der Waals surface area (Å²) < 4.78 is 25.1. The second kappa shape index (κ2) is 19.0. The van der Waals surface area contributed by atoms with Crippen LogP contribution in [0.3, 0.4) is 0 Å². The van der Waals surface area contributed by atoms with Crippen molar-refractivity contribution in [3.8, 4) is 5.75 Å². The van der Waals surface area contributed by atoms with E-state index in [9.17, 15) is 14.7 Å². The summed E-state index contributed by atoms with van der Waals surface area (Å²) in [5.41, 5.74) is 0.0132. The topological polar surface area (TPSA) is 78.7 Å². The van der Waals surface area contributed by atoms with Crippen molar-refractivity contribution < 1.29 is 18.7 Å². The second-order valence-electron chi connectivity index (χ2n) is 8.99. The lowest BCUT2D eigenvalue weighted by atomic mass is 10.1. The summed E-state index contributed by atoms with van der Waals surface area (Å²) >= 11 is 0. The molecular formula is C26H46NO5P. The third-order valence-electron chi connectivity index (χ3n) is 5.90. The number of nitro groups is 1. The Morgan fingerprint density at radius 3 is 1.76 bits per heavy atom. The molecular weight excluding hydrogens is 437 g/mol. The predicted octanol–water partition coefficient (Wildman–Crippen LogP) is 9.12. The van der Waals surface area contributed by atoms with Gasteiger partial charge in [-0.25, -0.2) is 0 Å². The van der Waals surface area contributed by atoms with Crippen LogP contribution in [0, 0.1) is 10.1 Å². The number of non-ortho nitro benzene ring substituents is 1. The van der Waals surface area contributed by atoms with Gasteiger partial charge in [0.1, 0.15) is 5.75 Å². The Kier molecular flexibility index (Phi) is 17.0. The Morgan fingerprint density at radius 2 is 1.24 bits per heavy atom. The number of ether oxygens (including phenoxy) is 1. The van der Waals surface area contributed by atoms with Crippen molar-refractivity contribution in [2.45, 2.75) is 110 Å². The van der Waals surface area contributed by atoms with Crippen LogP contribution in [0.2, 0.25) is 0 Å². The lowest BCUT2D eigenvalue weighted by molar-refractivity contribution is -0.384. The van der Waals surface area contributed by atoms with E-state index in [1.165, 1.54) is 76.3 Å². The van der Waals surface area contributed by atoms with Gasteiger partial charge in [0.25, 0.3) is 5.69 Å². The zero-order valence-electron chi connectivity index (χ0n) is 21.0. The van der Waals surface area contributed by atoms with Crippen LogP contribution in [0.5, 0.6) is 5.75 Å². The summed E-state index contributed by atoms with van der Waals surface area (Å²) in [6.07, 6.45) is 18.4. The minimum atomic E-state index is -2.90. The van der Waals surface area contributed by atoms with E-state index in [1.807, 2.05) is 0 Å². The standard InChI is InChI=1S/C26H46NO5P/c1-3-5-7-9-11-12-13-14-16-22-32-33(30,23-17-15-10-8-6-4-2)24-31-26-20-18-25(19-21-26)27(28)29/h18-21H,3-17,22-24H2,1-2H3. The number of benzene rings is 1. The molecule has 0 saturated heterocycles. The Bertz CT molecular complexity index is 665. The first-order valence-electron chi connectivity index (χ1n) is 13.1. The second-order valence-corrected chi connectivity index (χ2v) is 11.6. The third-order valence-corrected chi connectivity index (χ3v) is 8.08. The first-order chi connectivity index (χ1) is 16.0. The smallest absolute Gasteiger partial charge is 0.269 e. The van der Waals surface area contributed by atoms with E-state index in [0.717, 1.165) is 32.1 Å². The van der Waals surface area contributed by atoms with E-state index < -0.39 is 12.3 Å². The lowest BCUT2D eigenvalue weighted by Gasteiger charge is -2.19. The first kappa shape index (κ1) is 29.6. The van der Waals surface area contributed by atoms with Gasteiger partial charge in [0.05, 0.1) is 11.5 Å². The van der Waals surface area contributed by atoms with Crippen molar-refractivity contribution in [2.24, 2.45) is 0 Å². The molecule has 190 valence electrons. The van der Waals surface area contributed by atoms with E-state index >= 15 is 0 Å². The lowest BCUT2D eigenvalue weighted by Crippen LogP contribution is -2.07. The molecule has 0 heterocycles. The summed E-state index contributed by atoms with van der Waals surface area (Å²) in [6.45, 7) is 4.94. The number of hydrogen-bond acceptors (Lipinski definition) is 5. The zero-order valence-corrected chi connectivity index (χ0v) is 21.9. The number of nitrogens with zero attached hydrogens (tertiary/aromatic N) is 1. The Balaban J connectivity index is 2.40. The molecule has 7 heteroatoms. The number of rotatable bonds is 22. The van der Waals surface area contributed by atoms with Crippen LogP contribution in [0.4, 0.5) is 5.69 Å². The molecule has 0 amide bonds. The average Bonchev–Trinajstić information content (AvgIpc) is 2.81. The summed E-state index contributed by atoms with van der Waals surface area (Å²) in [7, 11) is -2.90. The van der Waals surface area contributed by atoms with Crippen molar-refractivity contribution in [2.75, 3.05) is 19.1 Å². The molecule has 33 heavy (non-hydrogen) atoms. The minimum Gasteiger partial charge on any atom is -0.484 e. The van der Waals surface area contributed by atoms with E-state index in [-0.39, 0.29) is 12.0 Å². The Morgan fingerprint density at radius 1 is 0.758 bits per heavy atom. The van der Waals surface area contributed by atoms with E-state index in [0.29, 0.717) is 18.5 Å². The maximum Gasteiger partial charge on any atom is 0.269 e. The van der Waals surface area contributed by atoms with Gasteiger partial charge in [0.2, 0.25) is 7.37 Å². The number of hydrogen-bond donors (Lipinski definition) is 0. The molecule has 1 unspecified atom stereocenters. The summed E-state index contributed by atoms with van der Waals surface area (Å²) in [5.74, 6) is 0.482. The fraction of sp³-hybridized carbons (Fsp3) is 0.769. The van der Waals surface area contributed by atoms with Crippen LogP contribution in [0.1, 0.15) is 110 Å². The number of unbranched alkanes of at least 4 members (excludes halogenated alkanes) is 13. The Labute approximate surface area is 201 Å². The highest BCUT2D eigenvalue weighted by Crippen LogP contribution is 2.48. The average molecular weight is 484 g/mol. The fourth-order valence-electron chi connectivity index (χ4n) is 3.78. The van der Waals surface area contributed by atoms with Crippen LogP contribution < -0.4 is 4.74 Å². The van der Waals surface area contributed by atoms with Crippen LogP contribution in [0.25, 0.3) is 0 Å². The van der Waals surface area contributed by atoms with Crippen LogP contribution >= 0.6 is 7.37 Å². The monoisotopic (exact) mass is 483 g/mol. The largest absolute Gasteiger partial charge is 0.484 e. The van der Waals surface area contributed by atoms with Crippen molar-refractivity contribution in [1.29, 1.82) is 0 Å². The molecule has 0 aliphatic rings. The molecule has 0 aliphatic carbocycles. The van der Waals surface area contributed by atoms with Gasteiger partial charge in [0, 0.05) is 18.3 Å². The highest BCUT2D eigenvalue weighted by atomic mass is 31.2. The van der Waals surface area contributed by atoms with Crippen LogP contribution in [0.15, 0.2) is 24.3 Å². The summed E-state index contributed by atoms with van der Waals surface area (Å²) in [5, 5.41) is 10.8. The van der Waals surface area contributed by atoms with Gasteiger partial charge in [-0.05, 0) is 25.0 Å². The predicted molar refractivity (Wildman–Crippen MR) is 138 cm³/mol. The molecule has 1 aromatic rings. The first-order valence-corrected chi connectivity index (χ1v) is 15.1. The molecule has 0 saturated carbocycles. The summed E-state index contributed by atoms with van der Waals surface area (Å²) in [4.78, 5) is 10.4. The highest BCUT2D eigenvalue weighted by Gasteiger charge is 2.24. The Hall–Kier alpha value is -1.39. The van der Waals surface area contributed by atoms with Crippen molar-refractivity contribution in [3.63, 3.8) is 0 Å². The summed E-state index contributed by atoms with van der Waals surface area (Å²) in [6, 6.07) is 5.90. The van der Waals surface area contributed by atoms with Gasteiger partial charge in [-0.1, -0.05) is 97.3 Å². The molecule has 0 bridgehead atoms.